The maximum absolute atomic E-state index is 13.1. The topological polar surface area (TPSA) is 30.5 Å². The van der Waals surface area contributed by atoms with Gasteiger partial charge in [0.1, 0.15) is 5.82 Å². The Morgan fingerprint density at radius 2 is 2.06 bits per heavy atom. The molecule has 0 aromatic heterocycles. The fraction of sp³-hybridized carbons (Fsp3) is 0.538. The standard InChI is InChI=1S/C13H19BrFNO2/c1-17-5-6-18-4-2-3-16-10-11-7-12(14)9-13(15)8-11/h7-9,16H,2-6,10H2,1H3. The van der Waals surface area contributed by atoms with Gasteiger partial charge < -0.3 is 14.8 Å². The number of halogens is 2. The second kappa shape index (κ2) is 9.44. The molecule has 0 saturated carbocycles. The number of nitrogens with one attached hydrogen (secondary N) is 1. The molecule has 1 aromatic carbocycles. The van der Waals surface area contributed by atoms with Crippen molar-refractivity contribution in [2.45, 2.75) is 13.0 Å². The van der Waals surface area contributed by atoms with Gasteiger partial charge in [0, 0.05) is 24.7 Å². The van der Waals surface area contributed by atoms with Crippen LogP contribution in [0.3, 0.4) is 0 Å². The highest BCUT2D eigenvalue weighted by Gasteiger charge is 1.98. The van der Waals surface area contributed by atoms with E-state index in [2.05, 4.69) is 21.2 Å². The van der Waals surface area contributed by atoms with Gasteiger partial charge in [0.2, 0.25) is 0 Å². The van der Waals surface area contributed by atoms with Gasteiger partial charge in [0.15, 0.2) is 0 Å². The minimum Gasteiger partial charge on any atom is -0.382 e. The highest BCUT2D eigenvalue weighted by Crippen LogP contribution is 2.14. The predicted molar refractivity (Wildman–Crippen MR) is 73.1 cm³/mol. The van der Waals surface area contributed by atoms with Crippen molar-refractivity contribution < 1.29 is 13.9 Å². The first kappa shape index (κ1) is 15.6. The molecule has 0 fully saturated rings. The van der Waals surface area contributed by atoms with Crippen molar-refractivity contribution in [1.29, 1.82) is 0 Å². The predicted octanol–water partition coefficient (Wildman–Crippen LogP) is 2.73. The summed E-state index contributed by atoms with van der Waals surface area (Å²) < 4.78 is 24.1. The summed E-state index contributed by atoms with van der Waals surface area (Å²) in [7, 11) is 1.65. The lowest BCUT2D eigenvalue weighted by molar-refractivity contribution is 0.0695. The average molecular weight is 320 g/mol. The Morgan fingerprint density at radius 3 is 2.78 bits per heavy atom. The number of hydrogen-bond donors (Lipinski definition) is 1. The summed E-state index contributed by atoms with van der Waals surface area (Å²) in [6, 6.07) is 4.89. The van der Waals surface area contributed by atoms with Crippen molar-refractivity contribution in [3.05, 3.63) is 34.1 Å². The molecule has 5 heteroatoms. The first-order chi connectivity index (χ1) is 8.72. The molecule has 0 heterocycles. The van der Waals surface area contributed by atoms with Gasteiger partial charge in [0.05, 0.1) is 13.2 Å². The summed E-state index contributed by atoms with van der Waals surface area (Å²) in [5.41, 5.74) is 0.933. The zero-order valence-electron chi connectivity index (χ0n) is 10.5. The zero-order chi connectivity index (χ0) is 13.2. The quantitative estimate of drug-likeness (QED) is 0.710. The molecule has 0 aliphatic rings. The van der Waals surface area contributed by atoms with Gasteiger partial charge in [-0.05, 0) is 36.7 Å². The largest absolute Gasteiger partial charge is 0.382 e. The first-order valence-corrected chi connectivity index (χ1v) is 6.74. The lowest BCUT2D eigenvalue weighted by Gasteiger charge is -2.06. The molecule has 0 aliphatic heterocycles. The van der Waals surface area contributed by atoms with Crippen LogP contribution in [0.25, 0.3) is 0 Å². The monoisotopic (exact) mass is 319 g/mol. The van der Waals surface area contributed by atoms with Crippen LogP contribution >= 0.6 is 15.9 Å². The third-order valence-electron chi connectivity index (χ3n) is 2.33. The van der Waals surface area contributed by atoms with Gasteiger partial charge in [0.25, 0.3) is 0 Å². The van der Waals surface area contributed by atoms with Gasteiger partial charge in [-0.2, -0.15) is 0 Å². The molecule has 0 radical (unpaired) electrons. The minimum atomic E-state index is -0.218. The van der Waals surface area contributed by atoms with Crippen LogP contribution in [-0.4, -0.2) is 33.5 Å². The average Bonchev–Trinajstić information content (AvgIpc) is 2.31. The van der Waals surface area contributed by atoms with E-state index in [-0.39, 0.29) is 5.82 Å². The van der Waals surface area contributed by atoms with Crippen LogP contribution in [0.4, 0.5) is 4.39 Å². The molecule has 0 spiro atoms. The van der Waals surface area contributed by atoms with Crippen molar-refractivity contribution >= 4 is 15.9 Å². The number of benzene rings is 1. The molecule has 1 N–H and O–H groups in total. The smallest absolute Gasteiger partial charge is 0.124 e. The number of methoxy groups -OCH3 is 1. The van der Waals surface area contributed by atoms with E-state index in [0.717, 1.165) is 23.0 Å². The SMILES string of the molecule is COCCOCCCNCc1cc(F)cc(Br)c1. The normalized spacial score (nSPS) is 10.8. The van der Waals surface area contributed by atoms with Crippen molar-refractivity contribution in [3.8, 4) is 0 Å². The third kappa shape index (κ3) is 7.06. The van der Waals surface area contributed by atoms with Crippen molar-refractivity contribution in [1.82, 2.24) is 5.32 Å². The number of ether oxygens (including phenoxy) is 2. The van der Waals surface area contributed by atoms with Gasteiger partial charge in [-0.3, -0.25) is 0 Å². The van der Waals surface area contributed by atoms with Crippen LogP contribution in [0.1, 0.15) is 12.0 Å². The molecule has 1 rings (SSSR count). The lowest BCUT2D eigenvalue weighted by Crippen LogP contribution is -2.17. The molecule has 18 heavy (non-hydrogen) atoms. The molecule has 0 bridgehead atoms. The number of rotatable bonds is 9. The fourth-order valence-corrected chi connectivity index (χ4v) is 2.00. The molecule has 0 aliphatic carbocycles. The van der Waals surface area contributed by atoms with Crippen LogP contribution in [0, 0.1) is 5.82 Å². The van der Waals surface area contributed by atoms with Crippen LogP contribution in [0.5, 0.6) is 0 Å². The summed E-state index contributed by atoms with van der Waals surface area (Å²) in [4.78, 5) is 0. The Kier molecular flexibility index (Phi) is 8.17. The van der Waals surface area contributed by atoms with E-state index in [1.54, 1.807) is 7.11 Å². The van der Waals surface area contributed by atoms with Gasteiger partial charge in [-0.15, -0.1) is 0 Å². The Labute approximate surface area is 116 Å². The van der Waals surface area contributed by atoms with E-state index in [4.69, 9.17) is 9.47 Å². The van der Waals surface area contributed by atoms with Gasteiger partial charge in [-0.1, -0.05) is 15.9 Å². The molecule has 102 valence electrons. The van der Waals surface area contributed by atoms with Crippen LogP contribution < -0.4 is 5.32 Å². The number of hydrogen-bond acceptors (Lipinski definition) is 3. The van der Waals surface area contributed by atoms with E-state index in [1.807, 2.05) is 6.07 Å². The van der Waals surface area contributed by atoms with Crippen molar-refractivity contribution in [3.63, 3.8) is 0 Å². The summed E-state index contributed by atoms with van der Waals surface area (Å²) >= 11 is 3.27. The maximum Gasteiger partial charge on any atom is 0.124 e. The lowest BCUT2D eigenvalue weighted by atomic mass is 10.2. The van der Waals surface area contributed by atoms with E-state index in [9.17, 15) is 4.39 Å². The second-order valence-electron chi connectivity index (χ2n) is 3.91. The molecule has 0 saturated heterocycles. The molecule has 3 nitrogen and oxygen atoms in total. The minimum absolute atomic E-state index is 0.218. The van der Waals surface area contributed by atoms with Crippen LogP contribution in [0.15, 0.2) is 22.7 Å². The summed E-state index contributed by atoms with van der Waals surface area (Å²) in [5.74, 6) is -0.218. The van der Waals surface area contributed by atoms with Gasteiger partial charge >= 0.3 is 0 Å². The zero-order valence-corrected chi connectivity index (χ0v) is 12.1. The highest BCUT2D eigenvalue weighted by atomic mass is 79.9. The Balaban J connectivity index is 2.07. The highest BCUT2D eigenvalue weighted by molar-refractivity contribution is 9.10. The molecule has 0 atom stereocenters. The maximum atomic E-state index is 13.1. The van der Waals surface area contributed by atoms with E-state index < -0.39 is 0 Å². The fourth-order valence-electron chi connectivity index (χ4n) is 1.49. The second-order valence-corrected chi connectivity index (χ2v) is 4.83. The van der Waals surface area contributed by atoms with E-state index in [0.29, 0.717) is 26.4 Å². The molecular formula is C13H19BrFNO2. The Hall–Kier alpha value is -0.490. The summed E-state index contributed by atoms with van der Waals surface area (Å²) in [6.45, 7) is 3.48. The molecule has 0 amide bonds. The summed E-state index contributed by atoms with van der Waals surface area (Å²) in [6.07, 6.45) is 0.931. The first-order valence-electron chi connectivity index (χ1n) is 5.94. The van der Waals surface area contributed by atoms with Crippen LogP contribution in [0.2, 0.25) is 0 Å². The molecular weight excluding hydrogens is 301 g/mol. The third-order valence-corrected chi connectivity index (χ3v) is 2.78. The van der Waals surface area contributed by atoms with Crippen molar-refractivity contribution in [2.24, 2.45) is 0 Å². The molecule has 1 aromatic rings. The Morgan fingerprint density at radius 1 is 1.22 bits per heavy atom. The molecule has 0 unspecified atom stereocenters. The van der Waals surface area contributed by atoms with E-state index in [1.165, 1.54) is 12.1 Å². The van der Waals surface area contributed by atoms with Gasteiger partial charge in [-0.25, -0.2) is 4.39 Å². The van der Waals surface area contributed by atoms with Crippen molar-refractivity contribution in [2.75, 3.05) is 33.5 Å². The van der Waals surface area contributed by atoms with E-state index >= 15 is 0 Å². The summed E-state index contributed by atoms with van der Waals surface area (Å²) in [5, 5.41) is 3.25. The van der Waals surface area contributed by atoms with Crippen LogP contribution in [-0.2, 0) is 16.0 Å². The Bertz CT molecular complexity index is 330.